The molecule has 1 amide bonds. The minimum Gasteiger partial charge on any atom is -0.368 e. The lowest BCUT2D eigenvalue weighted by atomic mass is 9.96. The normalized spacial score (nSPS) is 20.4. The summed E-state index contributed by atoms with van der Waals surface area (Å²) in [6.07, 6.45) is 4.45. The Labute approximate surface area is 141 Å². The number of benzene rings is 1. The first-order valence-corrected chi connectivity index (χ1v) is 8.89. The average molecular weight is 336 g/mol. The lowest BCUT2D eigenvalue weighted by Gasteiger charge is -2.31. The highest BCUT2D eigenvalue weighted by molar-refractivity contribution is 6.18. The molecule has 3 rings (SSSR count). The van der Waals surface area contributed by atoms with Crippen molar-refractivity contribution < 1.29 is 14.3 Å². The Kier molecular flexibility index (Phi) is 5.34. The van der Waals surface area contributed by atoms with Crippen molar-refractivity contribution in [2.24, 2.45) is 0 Å². The maximum absolute atomic E-state index is 12.6. The van der Waals surface area contributed by atoms with Crippen LogP contribution in [0.3, 0.4) is 0 Å². The van der Waals surface area contributed by atoms with Gasteiger partial charge in [-0.15, -0.1) is 11.6 Å². The van der Waals surface area contributed by atoms with Crippen LogP contribution < -0.4 is 4.90 Å². The number of hydrogen-bond donors (Lipinski definition) is 0. The summed E-state index contributed by atoms with van der Waals surface area (Å²) in [6, 6.07) is 5.69. The molecular weight excluding hydrogens is 314 g/mol. The van der Waals surface area contributed by atoms with Gasteiger partial charge in [-0.25, -0.2) is 0 Å². The Morgan fingerprint density at radius 3 is 2.91 bits per heavy atom. The molecule has 0 aliphatic carbocycles. The van der Waals surface area contributed by atoms with E-state index in [4.69, 9.17) is 16.3 Å². The van der Waals surface area contributed by atoms with Crippen molar-refractivity contribution in [1.29, 1.82) is 0 Å². The third-order valence-corrected chi connectivity index (χ3v) is 4.80. The number of carbonyl (C=O) groups excluding carboxylic acids is 2. The summed E-state index contributed by atoms with van der Waals surface area (Å²) in [6.45, 7) is 1.40. The Morgan fingerprint density at radius 1 is 1.30 bits per heavy atom. The molecule has 1 aromatic rings. The molecule has 1 fully saturated rings. The summed E-state index contributed by atoms with van der Waals surface area (Å²) in [4.78, 5) is 26.6. The van der Waals surface area contributed by atoms with E-state index in [1.807, 2.05) is 23.1 Å². The highest BCUT2D eigenvalue weighted by Gasteiger charge is 2.31. The van der Waals surface area contributed by atoms with Gasteiger partial charge in [-0.3, -0.25) is 9.59 Å². The van der Waals surface area contributed by atoms with Crippen molar-refractivity contribution in [2.45, 2.75) is 44.6 Å². The molecule has 1 atom stereocenters. The van der Waals surface area contributed by atoms with Gasteiger partial charge >= 0.3 is 0 Å². The monoisotopic (exact) mass is 335 g/mol. The average Bonchev–Trinajstić information content (AvgIpc) is 3.12. The molecule has 0 aromatic heterocycles. The van der Waals surface area contributed by atoms with Crippen LogP contribution >= 0.6 is 11.6 Å². The minimum absolute atomic E-state index is 0.0599. The van der Waals surface area contributed by atoms with E-state index in [2.05, 4.69) is 0 Å². The van der Waals surface area contributed by atoms with Crippen LogP contribution in [-0.2, 0) is 16.0 Å². The molecule has 1 aromatic carbocycles. The fraction of sp³-hybridized carbons (Fsp3) is 0.556. The number of aryl methyl sites for hydroxylation is 1. The van der Waals surface area contributed by atoms with Crippen molar-refractivity contribution in [1.82, 2.24) is 0 Å². The van der Waals surface area contributed by atoms with Crippen molar-refractivity contribution in [3.8, 4) is 0 Å². The lowest BCUT2D eigenvalue weighted by molar-refractivity contribution is -0.127. The number of nitrogens with zero attached hydrogens (tertiary/aromatic N) is 1. The van der Waals surface area contributed by atoms with Gasteiger partial charge in [-0.05, 0) is 55.9 Å². The Bertz CT molecular complexity index is 596. The first-order valence-electron chi connectivity index (χ1n) is 8.36. The molecule has 2 aliphatic rings. The van der Waals surface area contributed by atoms with Gasteiger partial charge in [0.1, 0.15) is 6.10 Å². The molecule has 0 radical (unpaired) electrons. The summed E-state index contributed by atoms with van der Waals surface area (Å²) in [5.74, 6) is 0.682. The van der Waals surface area contributed by atoms with Crippen molar-refractivity contribution in [3.05, 3.63) is 29.3 Å². The number of ketones is 1. The van der Waals surface area contributed by atoms with Crippen molar-refractivity contribution in [2.75, 3.05) is 23.9 Å². The molecule has 2 heterocycles. The first kappa shape index (κ1) is 16.5. The zero-order valence-corrected chi connectivity index (χ0v) is 14.0. The highest BCUT2D eigenvalue weighted by atomic mass is 35.5. The maximum Gasteiger partial charge on any atom is 0.256 e. The van der Waals surface area contributed by atoms with Crippen molar-refractivity contribution in [3.63, 3.8) is 0 Å². The van der Waals surface area contributed by atoms with Gasteiger partial charge in [0.05, 0.1) is 0 Å². The summed E-state index contributed by atoms with van der Waals surface area (Å²) < 4.78 is 5.53. The summed E-state index contributed by atoms with van der Waals surface area (Å²) >= 11 is 5.66. The Hall–Kier alpha value is -1.39. The second kappa shape index (κ2) is 7.45. The fourth-order valence-electron chi connectivity index (χ4n) is 3.32. The van der Waals surface area contributed by atoms with E-state index in [9.17, 15) is 9.59 Å². The number of halogens is 1. The standard InChI is InChI=1S/C18H22ClNO3/c19-9-1-5-16(21)14-7-8-15-13(12-14)4-2-10-20(15)18(22)17-6-3-11-23-17/h7-8,12,17H,1-6,9-11H2. The van der Waals surface area contributed by atoms with Crippen LogP contribution in [0.5, 0.6) is 0 Å². The van der Waals surface area contributed by atoms with Crippen LogP contribution in [0.25, 0.3) is 0 Å². The quantitative estimate of drug-likeness (QED) is 0.612. The molecule has 0 bridgehead atoms. The van der Waals surface area contributed by atoms with Crippen LogP contribution in [0.4, 0.5) is 5.69 Å². The van der Waals surface area contributed by atoms with E-state index in [0.29, 0.717) is 25.3 Å². The van der Waals surface area contributed by atoms with Gasteiger partial charge in [0.25, 0.3) is 5.91 Å². The molecule has 1 saturated heterocycles. The largest absolute Gasteiger partial charge is 0.368 e. The second-order valence-electron chi connectivity index (χ2n) is 6.15. The van der Waals surface area contributed by atoms with E-state index >= 15 is 0 Å². The van der Waals surface area contributed by atoms with E-state index in [1.54, 1.807) is 0 Å². The smallest absolute Gasteiger partial charge is 0.256 e. The number of ether oxygens (including phenoxy) is 1. The second-order valence-corrected chi connectivity index (χ2v) is 6.53. The van der Waals surface area contributed by atoms with Gasteiger partial charge in [0.15, 0.2) is 5.78 Å². The third-order valence-electron chi connectivity index (χ3n) is 4.53. The van der Waals surface area contributed by atoms with Crippen LogP contribution in [0.1, 0.15) is 48.0 Å². The number of fused-ring (bicyclic) bond motifs is 1. The maximum atomic E-state index is 12.6. The van der Waals surface area contributed by atoms with Gasteiger partial charge in [-0.1, -0.05) is 0 Å². The molecule has 2 aliphatic heterocycles. The molecular formula is C18H22ClNO3. The molecule has 0 N–H and O–H groups in total. The molecule has 23 heavy (non-hydrogen) atoms. The zero-order chi connectivity index (χ0) is 16.2. The number of anilines is 1. The number of carbonyl (C=O) groups is 2. The molecule has 0 saturated carbocycles. The van der Waals surface area contributed by atoms with Crippen LogP contribution in [0, 0.1) is 0 Å². The summed E-state index contributed by atoms with van der Waals surface area (Å²) in [5.41, 5.74) is 2.74. The van der Waals surface area contributed by atoms with E-state index in [-0.39, 0.29) is 17.8 Å². The zero-order valence-electron chi connectivity index (χ0n) is 13.2. The number of alkyl halides is 1. The SMILES string of the molecule is O=C(CCCCl)c1ccc2c(c1)CCCN2C(=O)C1CCCO1. The number of hydrogen-bond acceptors (Lipinski definition) is 3. The Morgan fingerprint density at radius 2 is 2.17 bits per heavy atom. The lowest BCUT2D eigenvalue weighted by Crippen LogP contribution is -2.42. The van der Waals surface area contributed by atoms with E-state index < -0.39 is 0 Å². The molecule has 124 valence electrons. The fourth-order valence-corrected chi connectivity index (χ4v) is 3.45. The van der Waals surface area contributed by atoms with Gasteiger partial charge in [0.2, 0.25) is 0 Å². The molecule has 1 unspecified atom stereocenters. The molecule has 5 heteroatoms. The van der Waals surface area contributed by atoms with Gasteiger partial charge in [0, 0.05) is 36.7 Å². The number of rotatable bonds is 5. The highest BCUT2D eigenvalue weighted by Crippen LogP contribution is 2.30. The topological polar surface area (TPSA) is 46.6 Å². The third kappa shape index (κ3) is 3.59. The van der Waals surface area contributed by atoms with E-state index in [1.165, 1.54) is 0 Å². The van der Waals surface area contributed by atoms with Gasteiger partial charge < -0.3 is 9.64 Å². The number of amides is 1. The van der Waals surface area contributed by atoms with Gasteiger partial charge in [-0.2, -0.15) is 0 Å². The first-order chi connectivity index (χ1) is 11.2. The molecule has 4 nitrogen and oxygen atoms in total. The predicted molar refractivity (Wildman–Crippen MR) is 90.4 cm³/mol. The van der Waals surface area contributed by atoms with Crippen LogP contribution in [-0.4, -0.2) is 36.8 Å². The summed E-state index contributed by atoms with van der Waals surface area (Å²) in [7, 11) is 0. The predicted octanol–water partition coefficient (Wildman–Crippen LogP) is 3.35. The number of Topliss-reactive ketones (excluding diaryl/α,β-unsaturated/α-hetero) is 1. The van der Waals surface area contributed by atoms with E-state index in [0.717, 1.165) is 49.0 Å². The minimum atomic E-state index is -0.300. The van der Waals surface area contributed by atoms with Crippen molar-refractivity contribution >= 4 is 29.0 Å². The summed E-state index contributed by atoms with van der Waals surface area (Å²) in [5, 5.41) is 0. The van der Waals surface area contributed by atoms with Crippen LogP contribution in [0.15, 0.2) is 18.2 Å². The van der Waals surface area contributed by atoms with Crippen LogP contribution in [0.2, 0.25) is 0 Å². The molecule has 0 spiro atoms. The Balaban J connectivity index is 1.79.